The van der Waals surface area contributed by atoms with E-state index in [1.165, 1.54) is 12.0 Å². The van der Waals surface area contributed by atoms with Crippen LogP contribution < -0.4 is 5.73 Å². The van der Waals surface area contributed by atoms with Crippen molar-refractivity contribution in [2.45, 2.75) is 30.8 Å². The molecule has 2 heterocycles. The van der Waals surface area contributed by atoms with Crippen LogP contribution in [0.15, 0.2) is 30.3 Å². The van der Waals surface area contributed by atoms with Gasteiger partial charge in [-0.3, -0.25) is 4.90 Å². The zero-order valence-corrected chi connectivity index (χ0v) is 10.8. The zero-order valence-electron chi connectivity index (χ0n) is 10.8. The van der Waals surface area contributed by atoms with Crippen LogP contribution in [0.3, 0.4) is 0 Å². The fourth-order valence-electron chi connectivity index (χ4n) is 3.20. The molecule has 2 aliphatic heterocycles. The van der Waals surface area contributed by atoms with E-state index in [-0.39, 0.29) is 6.04 Å². The normalized spacial score (nSPS) is 33.7. The van der Waals surface area contributed by atoms with Crippen molar-refractivity contribution in [1.82, 2.24) is 4.90 Å². The Morgan fingerprint density at radius 1 is 1.17 bits per heavy atom. The second-order valence-corrected chi connectivity index (χ2v) is 5.49. The highest BCUT2D eigenvalue weighted by Gasteiger charge is 2.33. The first-order valence-electron chi connectivity index (χ1n) is 6.97. The van der Waals surface area contributed by atoms with Crippen LogP contribution in [-0.2, 0) is 4.74 Å². The molecule has 3 nitrogen and oxygen atoms in total. The molecular formula is C15H22N2O. The third-order valence-electron chi connectivity index (χ3n) is 4.34. The van der Waals surface area contributed by atoms with Crippen molar-refractivity contribution in [1.29, 1.82) is 0 Å². The maximum atomic E-state index is 6.22. The number of nitrogens with zero attached hydrogens (tertiary/aromatic N) is 1. The third-order valence-corrected chi connectivity index (χ3v) is 4.34. The predicted molar refractivity (Wildman–Crippen MR) is 72.6 cm³/mol. The molecule has 18 heavy (non-hydrogen) atoms. The molecule has 1 aromatic carbocycles. The van der Waals surface area contributed by atoms with Crippen molar-refractivity contribution >= 4 is 0 Å². The van der Waals surface area contributed by atoms with Crippen molar-refractivity contribution < 1.29 is 4.74 Å². The number of hydrogen-bond acceptors (Lipinski definition) is 3. The fourth-order valence-corrected chi connectivity index (χ4v) is 3.20. The number of ether oxygens (including phenoxy) is 1. The van der Waals surface area contributed by atoms with E-state index in [4.69, 9.17) is 10.5 Å². The second kappa shape index (κ2) is 5.39. The van der Waals surface area contributed by atoms with E-state index in [9.17, 15) is 0 Å². The van der Waals surface area contributed by atoms with Gasteiger partial charge >= 0.3 is 0 Å². The van der Waals surface area contributed by atoms with Crippen LogP contribution in [-0.4, -0.2) is 43.3 Å². The van der Waals surface area contributed by atoms with E-state index in [0.717, 1.165) is 32.7 Å². The summed E-state index contributed by atoms with van der Waals surface area (Å²) in [6.45, 7) is 3.92. The number of nitrogens with two attached hydrogens (primary N) is 1. The zero-order chi connectivity index (χ0) is 12.4. The van der Waals surface area contributed by atoms with Crippen molar-refractivity contribution in [3.05, 3.63) is 35.9 Å². The molecule has 0 radical (unpaired) electrons. The Bertz CT molecular complexity index is 381. The summed E-state index contributed by atoms with van der Waals surface area (Å²) in [6.07, 6.45) is 2.24. The van der Waals surface area contributed by atoms with Gasteiger partial charge in [-0.05, 0) is 30.9 Å². The van der Waals surface area contributed by atoms with Gasteiger partial charge < -0.3 is 10.5 Å². The Balaban J connectivity index is 1.64. The van der Waals surface area contributed by atoms with Gasteiger partial charge in [0.25, 0.3) is 0 Å². The van der Waals surface area contributed by atoms with E-state index in [1.54, 1.807) is 0 Å². The molecule has 2 aliphatic rings. The minimum absolute atomic E-state index is 0.285. The largest absolute Gasteiger partial charge is 0.380 e. The highest BCUT2D eigenvalue weighted by Crippen LogP contribution is 2.29. The second-order valence-electron chi connectivity index (χ2n) is 5.49. The topological polar surface area (TPSA) is 38.5 Å². The van der Waals surface area contributed by atoms with Crippen LogP contribution in [0.5, 0.6) is 0 Å². The summed E-state index contributed by atoms with van der Waals surface area (Å²) in [5.41, 5.74) is 7.68. The quantitative estimate of drug-likeness (QED) is 0.861. The average Bonchev–Trinajstić information content (AvgIpc) is 2.90. The molecule has 98 valence electrons. The molecule has 3 heteroatoms. The van der Waals surface area contributed by atoms with Gasteiger partial charge in [-0.2, -0.15) is 0 Å². The minimum atomic E-state index is 0.285. The standard InChI is InChI=1S/C15H22N2O/c16-14-7-9-18-11-15(14)17-8-6-13(10-17)12-4-2-1-3-5-12/h1-5,13-15H,6-11,16H2. The Kier molecular flexibility index (Phi) is 3.64. The van der Waals surface area contributed by atoms with Gasteiger partial charge in [0.15, 0.2) is 0 Å². The lowest BCUT2D eigenvalue weighted by Crippen LogP contribution is -2.52. The maximum absolute atomic E-state index is 6.22. The first-order chi connectivity index (χ1) is 8.84. The van der Waals surface area contributed by atoms with Crippen molar-refractivity contribution in [2.75, 3.05) is 26.3 Å². The molecule has 2 fully saturated rings. The van der Waals surface area contributed by atoms with Crippen LogP contribution in [0, 0.1) is 0 Å². The van der Waals surface area contributed by atoms with Crippen LogP contribution in [0.25, 0.3) is 0 Å². The summed E-state index contributed by atoms with van der Waals surface area (Å²) >= 11 is 0. The van der Waals surface area contributed by atoms with Crippen molar-refractivity contribution in [3.8, 4) is 0 Å². The Hall–Kier alpha value is -0.900. The summed E-state index contributed by atoms with van der Waals surface area (Å²) < 4.78 is 5.58. The molecule has 3 atom stereocenters. The Morgan fingerprint density at radius 2 is 2.00 bits per heavy atom. The van der Waals surface area contributed by atoms with Gasteiger partial charge in [-0.25, -0.2) is 0 Å². The van der Waals surface area contributed by atoms with Gasteiger partial charge in [0, 0.05) is 25.2 Å². The summed E-state index contributed by atoms with van der Waals surface area (Å²) in [6, 6.07) is 11.5. The molecule has 0 amide bonds. The average molecular weight is 246 g/mol. The molecule has 2 saturated heterocycles. The molecule has 0 spiro atoms. The summed E-state index contributed by atoms with van der Waals surface area (Å²) in [5, 5.41) is 0. The lowest BCUT2D eigenvalue weighted by atomic mass is 9.98. The van der Waals surface area contributed by atoms with Crippen LogP contribution in [0.4, 0.5) is 0 Å². The maximum Gasteiger partial charge on any atom is 0.0636 e. The first kappa shape index (κ1) is 12.2. The number of benzene rings is 1. The molecule has 0 saturated carbocycles. The van der Waals surface area contributed by atoms with E-state index in [2.05, 4.69) is 35.2 Å². The smallest absolute Gasteiger partial charge is 0.0636 e. The number of likely N-dealkylation sites (tertiary alicyclic amines) is 1. The Labute approximate surface area is 109 Å². The van der Waals surface area contributed by atoms with Crippen LogP contribution >= 0.6 is 0 Å². The predicted octanol–water partition coefficient (Wildman–Crippen LogP) is 1.59. The van der Waals surface area contributed by atoms with E-state index in [1.807, 2.05) is 0 Å². The number of hydrogen-bond donors (Lipinski definition) is 1. The Morgan fingerprint density at radius 3 is 2.78 bits per heavy atom. The summed E-state index contributed by atoms with van der Waals surface area (Å²) in [4.78, 5) is 2.53. The first-order valence-corrected chi connectivity index (χ1v) is 6.97. The SMILES string of the molecule is NC1CCOCC1N1CCC(c2ccccc2)C1. The molecular weight excluding hydrogens is 224 g/mol. The molecule has 0 aliphatic carbocycles. The van der Waals surface area contributed by atoms with E-state index >= 15 is 0 Å². The van der Waals surface area contributed by atoms with Crippen molar-refractivity contribution in [2.24, 2.45) is 5.73 Å². The van der Waals surface area contributed by atoms with Gasteiger partial charge in [0.1, 0.15) is 0 Å². The van der Waals surface area contributed by atoms with E-state index < -0.39 is 0 Å². The molecule has 3 unspecified atom stereocenters. The van der Waals surface area contributed by atoms with Gasteiger partial charge in [0.2, 0.25) is 0 Å². The summed E-state index contributed by atoms with van der Waals surface area (Å²) in [7, 11) is 0. The highest BCUT2D eigenvalue weighted by atomic mass is 16.5. The third kappa shape index (κ3) is 2.44. The fraction of sp³-hybridized carbons (Fsp3) is 0.600. The van der Waals surface area contributed by atoms with Crippen molar-refractivity contribution in [3.63, 3.8) is 0 Å². The lowest BCUT2D eigenvalue weighted by molar-refractivity contribution is 0.0140. The van der Waals surface area contributed by atoms with E-state index in [0.29, 0.717) is 12.0 Å². The minimum Gasteiger partial charge on any atom is -0.380 e. The molecule has 0 bridgehead atoms. The summed E-state index contributed by atoms with van der Waals surface area (Å²) in [5.74, 6) is 0.667. The van der Waals surface area contributed by atoms with Crippen LogP contribution in [0.1, 0.15) is 24.3 Å². The highest BCUT2D eigenvalue weighted by molar-refractivity contribution is 5.21. The lowest BCUT2D eigenvalue weighted by Gasteiger charge is -2.35. The monoisotopic (exact) mass is 246 g/mol. The van der Waals surface area contributed by atoms with Gasteiger partial charge in [0.05, 0.1) is 6.61 Å². The molecule has 2 N–H and O–H groups in total. The molecule has 3 rings (SSSR count). The van der Waals surface area contributed by atoms with Crippen LogP contribution in [0.2, 0.25) is 0 Å². The van der Waals surface area contributed by atoms with Gasteiger partial charge in [-0.15, -0.1) is 0 Å². The molecule has 0 aromatic heterocycles. The molecule has 1 aromatic rings. The van der Waals surface area contributed by atoms with Gasteiger partial charge in [-0.1, -0.05) is 30.3 Å². The number of rotatable bonds is 2.